The standard InChI is InChI=1S/C10H9BrO3.C8H9BrO2.C5H10O.B.Na.H/c1-6(12)8-4-3-7(5-9(8)11)10(13)14-2;9-8-3-6(4-10)1-2-7(8)5-11;1-5-3-2-4-6-5;;;/h3-5H,1-2H3;1-3,10-11H,4-5H2;5H,2-4H2,1H3;;;/q;;;;+1;-1. The van der Waals surface area contributed by atoms with Crippen LogP contribution in [0.25, 0.3) is 0 Å². The zero-order chi connectivity index (χ0) is 23.4. The molecule has 3 rings (SSSR count). The van der Waals surface area contributed by atoms with Gasteiger partial charge in [-0.25, -0.2) is 4.79 Å². The molecule has 33 heavy (non-hydrogen) atoms. The first-order valence-electron chi connectivity index (χ1n) is 9.72. The van der Waals surface area contributed by atoms with Crippen molar-refractivity contribution in [3.8, 4) is 0 Å². The second-order valence-corrected chi connectivity index (χ2v) is 8.52. The Labute approximate surface area is 238 Å². The number of Topliss-reactive ketones (excluding diaryl/α,β-unsaturated/α-hetero) is 1. The Kier molecular flexibility index (Phi) is 19.7. The third-order valence-corrected chi connectivity index (χ3v) is 5.79. The van der Waals surface area contributed by atoms with Gasteiger partial charge in [0.2, 0.25) is 0 Å². The van der Waals surface area contributed by atoms with E-state index in [1.165, 1.54) is 26.9 Å². The largest absolute Gasteiger partial charge is 1.00 e. The van der Waals surface area contributed by atoms with E-state index in [0.717, 1.165) is 22.2 Å². The van der Waals surface area contributed by atoms with E-state index in [9.17, 15) is 9.59 Å². The molecule has 6 nitrogen and oxygen atoms in total. The molecule has 0 amide bonds. The second kappa shape index (κ2) is 18.8. The van der Waals surface area contributed by atoms with Gasteiger partial charge in [-0.1, -0.05) is 44.0 Å². The molecule has 1 aliphatic heterocycles. The summed E-state index contributed by atoms with van der Waals surface area (Å²) in [4.78, 5) is 22.2. The molecule has 2 N–H and O–H groups in total. The van der Waals surface area contributed by atoms with Crippen molar-refractivity contribution in [1.29, 1.82) is 0 Å². The fourth-order valence-electron chi connectivity index (χ4n) is 2.60. The third-order valence-electron chi connectivity index (χ3n) is 4.40. The van der Waals surface area contributed by atoms with Crippen molar-refractivity contribution < 1.29 is 60.3 Å². The van der Waals surface area contributed by atoms with Crippen LogP contribution in [0.4, 0.5) is 0 Å². The zero-order valence-electron chi connectivity index (χ0n) is 20.4. The first-order chi connectivity index (χ1) is 14.7. The van der Waals surface area contributed by atoms with Crippen molar-refractivity contribution in [3.05, 3.63) is 67.6 Å². The van der Waals surface area contributed by atoms with Gasteiger partial charge in [0, 0.05) is 29.5 Å². The van der Waals surface area contributed by atoms with E-state index in [0.29, 0.717) is 21.7 Å². The van der Waals surface area contributed by atoms with E-state index < -0.39 is 5.97 Å². The Morgan fingerprint density at radius 3 is 2.15 bits per heavy atom. The SMILES string of the molecule is CC1CCCO1.COC(=O)c1ccc(C(C)=O)c(Br)c1.OCc1ccc(CO)c(Br)c1.[B].[H-].[Na+]. The van der Waals surface area contributed by atoms with E-state index in [1.807, 2.05) is 0 Å². The molecule has 0 aliphatic carbocycles. The molecule has 0 spiro atoms. The van der Waals surface area contributed by atoms with Crippen LogP contribution in [0.2, 0.25) is 0 Å². The molecule has 1 saturated heterocycles. The molecular formula is C23H29BBr2NaO6. The summed E-state index contributed by atoms with van der Waals surface area (Å²) in [7, 11) is 1.31. The van der Waals surface area contributed by atoms with Gasteiger partial charge in [0.15, 0.2) is 5.78 Å². The first kappa shape index (κ1) is 34.7. The quantitative estimate of drug-likeness (QED) is 0.319. The summed E-state index contributed by atoms with van der Waals surface area (Å²) in [6.07, 6.45) is 3.08. The van der Waals surface area contributed by atoms with Crippen molar-refractivity contribution in [2.75, 3.05) is 13.7 Å². The average Bonchev–Trinajstić information content (AvgIpc) is 3.24. The van der Waals surface area contributed by atoms with Crippen LogP contribution in [-0.2, 0) is 22.7 Å². The number of hydrogen-bond donors (Lipinski definition) is 2. The number of aliphatic hydroxyl groups excluding tert-OH is 2. The molecule has 1 unspecified atom stereocenters. The maximum atomic E-state index is 11.1. The Bertz CT molecular complexity index is 883. The molecular weight excluding hydrogens is 566 g/mol. The molecule has 0 saturated carbocycles. The number of ketones is 1. The molecule has 2 aromatic rings. The molecule has 2 aromatic carbocycles. The van der Waals surface area contributed by atoms with E-state index in [1.54, 1.807) is 36.4 Å². The van der Waals surface area contributed by atoms with Crippen molar-refractivity contribution in [3.63, 3.8) is 0 Å². The maximum Gasteiger partial charge on any atom is 1.00 e. The molecule has 1 heterocycles. The van der Waals surface area contributed by atoms with E-state index >= 15 is 0 Å². The number of hydrogen-bond acceptors (Lipinski definition) is 6. The van der Waals surface area contributed by atoms with Crippen LogP contribution in [0.15, 0.2) is 45.3 Å². The minimum atomic E-state index is -0.416. The molecule has 10 heteroatoms. The number of ether oxygens (including phenoxy) is 2. The summed E-state index contributed by atoms with van der Waals surface area (Å²) in [6, 6.07) is 10.1. The van der Waals surface area contributed by atoms with Crippen LogP contribution in [0.1, 0.15) is 60.0 Å². The van der Waals surface area contributed by atoms with Crippen molar-refractivity contribution in [2.24, 2.45) is 0 Å². The maximum absolute atomic E-state index is 11.1. The Morgan fingerprint density at radius 2 is 1.79 bits per heavy atom. The van der Waals surface area contributed by atoms with Gasteiger partial charge in [0.05, 0.1) is 32.0 Å². The summed E-state index contributed by atoms with van der Waals surface area (Å²) in [5, 5.41) is 17.5. The van der Waals surface area contributed by atoms with Crippen molar-refractivity contribution in [1.82, 2.24) is 0 Å². The molecule has 175 valence electrons. The summed E-state index contributed by atoms with van der Waals surface area (Å²) in [5.41, 5.74) is 2.65. The van der Waals surface area contributed by atoms with Crippen LogP contribution in [0.5, 0.6) is 0 Å². The minimum Gasteiger partial charge on any atom is -1.00 e. The molecule has 1 aliphatic rings. The first-order valence-corrected chi connectivity index (χ1v) is 11.3. The van der Waals surface area contributed by atoms with Crippen LogP contribution in [0.3, 0.4) is 0 Å². The fraction of sp³-hybridized carbons (Fsp3) is 0.391. The van der Waals surface area contributed by atoms with Gasteiger partial charge in [0.1, 0.15) is 0 Å². The van der Waals surface area contributed by atoms with E-state index in [-0.39, 0.29) is 58.4 Å². The topological polar surface area (TPSA) is 93.1 Å². The summed E-state index contributed by atoms with van der Waals surface area (Å²) < 4.78 is 11.1. The number of rotatable bonds is 4. The number of halogens is 2. The smallest absolute Gasteiger partial charge is 1.00 e. The van der Waals surface area contributed by atoms with Gasteiger partial charge in [-0.05, 0) is 62.1 Å². The van der Waals surface area contributed by atoms with E-state index in [2.05, 4.69) is 43.5 Å². The molecule has 0 bridgehead atoms. The molecule has 1 fully saturated rings. The Balaban J connectivity index is -0.000000432. The molecule has 1 atom stereocenters. The third kappa shape index (κ3) is 12.7. The fourth-order valence-corrected chi connectivity index (χ4v) is 3.81. The molecule has 0 aromatic heterocycles. The number of methoxy groups -OCH3 is 1. The zero-order valence-corrected chi connectivity index (χ0v) is 24.6. The Morgan fingerprint density at radius 1 is 1.12 bits per heavy atom. The van der Waals surface area contributed by atoms with Gasteiger partial charge in [-0.15, -0.1) is 0 Å². The summed E-state index contributed by atoms with van der Waals surface area (Å²) in [6.45, 7) is 4.63. The van der Waals surface area contributed by atoms with Crippen LogP contribution < -0.4 is 29.6 Å². The van der Waals surface area contributed by atoms with Crippen molar-refractivity contribution in [2.45, 2.75) is 46.0 Å². The van der Waals surface area contributed by atoms with Crippen LogP contribution in [0, 0.1) is 0 Å². The van der Waals surface area contributed by atoms with Gasteiger partial charge in [-0.2, -0.15) is 0 Å². The van der Waals surface area contributed by atoms with Gasteiger partial charge < -0.3 is 21.1 Å². The van der Waals surface area contributed by atoms with Crippen LogP contribution >= 0.6 is 31.9 Å². The normalized spacial score (nSPS) is 13.7. The van der Waals surface area contributed by atoms with E-state index in [4.69, 9.17) is 14.9 Å². The van der Waals surface area contributed by atoms with Crippen molar-refractivity contribution >= 4 is 52.0 Å². The number of carbonyl (C=O) groups is 2. The predicted octanol–water partition coefficient (Wildman–Crippen LogP) is 1.79. The summed E-state index contributed by atoms with van der Waals surface area (Å²) >= 11 is 6.49. The second-order valence-electron chi connectivity index (χ2n) is 6.81. The number of carbonyl (C=O) groups excluding carboxylic acids is 2. The van der Waals surface area contributed by atoms with Gasteiger partial charge in [-0.3, -0.25) is 4.79 Å². The number of aliphatic hydroxyl groups is 2. The summed E-state index contributed by atoms with van der Waals surface area (Å²) in [5.74, 6) is -0.464. The monoisotopic (exact) mass is 593 g/mol. The number of esters is 1. The number of benzene rings is 2. The molecule has 3 radical (unpaired) electrons. The average molecular weight is 595 g/mol. The Hall–Kier alpha value is -0.515. The van der Waals surface area contributed by atoms with Gasteiger partial charge >= 0.3 is 35.5 Å². The van der Waals surface area contributed by atoms with Gasteiger partial charge in [0.25, 0.3) is 0 Å². The van der Waals surface area contributed by atoms with Crippen LogP contribution in [-0.4, -0.2) is 50.2 Å². The minimum absolute atomic E-state index is 0. The predicted molar refractivity (Wildman–Crippen MR) is 133 cm³/mol.